The van der Waals surface area contributed by atoms with Crippen molar-refractivity contribution in [1.29, 1.82) is 0 Å². The Kier molecular flexibility index (Phi) is 3.12. The van der Waals surface area contributed by atoms with Crippen LogP contribution in [0.25, 0.3) is 6.08 Å². The highest BCUT2D eigenvalue weighted by Gasteiger charge is 2.66. The van der Waals surface area contributed by atoms with E-state index in [4.69, 9.17) is 0 Å². The molecule has 7 nitrogen and oxygen atoms in total. The Labute approximate surface area is 150 Å². The van der Waals surface area contributed by atoms with Crippen LogP contribution in [0.2, 0.25) is 0 Å². The Hall–Kier alpha value is -1.87. The van der Waals surface area contributed by atoms with Gasteiger partial charge >= 0.3 is 10.8 Å². The molecule has 2 bridgehead atoms. The van der Waals surface area contributed by atoms with E-state index in [-0.39, 0.29) is 52.2 Å². The van der Waals surface area contributed by atoms with Crippen molar-refractivity contribution in [2.75, 3.05) is 13.7 Å². The van der Waals surface area contributed by atoms with Crippen LogP contribution >= 0.6 is 23.1 Å². The lowest BCUT2D eigenvalue weighted by Gasteiger charge is -2.32. The second kappa shape index (κ2) is 5.07. The Morgan fingerprint density at radius 3 is 2.84 bits per heavy atom. The SMILES string of the molecule is COC(=O)CN1C(=O)C2C3CC(C4Sc5[nH]c(=O)sc5C=C34)C2C1=O. The summed E-state index contributed by atoms with van der Waals surface area (Å²) in [6.45, 7) is -0.307. The monoisotopic (exact) mass is 378 g/mol. The molecule has 1 N–H and O–H groups in total. The smallest absolute Gasteiger partial charge is 0.325 e. The molecule has 5 rings (SSSR count). The van der Waals surface area contributed by atoms with Crippen LogP contribution in [-0.4, -0.2) is 46.6 Å². The maximum absolute atomic E-state index is 12.8. The van der Waals surface area contributed by atoms with Crippen molar-refractivity contribution in [2.45, 2.75) is 16.7 Å². The molecule has 5 atom stereocenters. The van der Waals surface area contributed by atoms with Gasteiger partial charge in [0.15, 0.2) is 0 Å². The van der Waals surface area contributed by atoms with Gasteiger partial charge in [-0.15, -0.1) is 0 Å². The van der Waals surface area contributed by atoms with Gasteiger partial charge in [0, 0.05) is 5.25 Å². The number of hydrogen-bond donors (Lipinski definition) is 1. The second-order valence-corrected chi connectivity index (χ2v) is 8.95. The fourth-order valence-electron chi connectivity index (χ4n) is 4.83. The van der Waals surface area contributed by atoms with Crippen LogP contribution in [0.15, 0.2) is 15.4 Å². The lowest BCUT2D eigenvalue weighted by atomic mass is 9.77. The number of methoxy groups -OCH3 is 1. The van der Waals surface area contributed by atoms with Crippen molar-refractivity contribution in [3.05, 3.63) is 20.1 Å². The number of esters is 1. The van der Waals surface area contributed by atoms with Gasteiger partial charge in [-0.25, -0.2) is 0 Å². The number of fused-ring (bicyclic) bond motifs is 9. The number of imide groups is 1. The molecule has 3 fully saturated rings. The van der Waals surface area contributed by atoms with E-state index in [1.165, 1.54) is 24.0 Å². The van der Waals surface area contributed by atoms with E-state index in [1.54, 1.807) is 11.8 Å². The number of nitrogens with one attached hydrogen (secondary N) is 1. The first-order valence-corrected chi connectivity index (χ1v) is 9.72. The molecule has 1 aromatic heterocycles. The number of amides is 2. The summed E-state index contributed by atoms with van der Waals surface area (Å²) in [5.41, 5.74) is 1.17. The normalized spacial score (nSPS) is 34.7. The van der Waals surface area contributed by atoms with Crippen LogP contribution < -0.4 is 4.87 Å². The van der Waals surface area contributed by atoms with Crippen LogP contribution in [0, 0.1) is 23.7 Å². The molecule has 2 aliphatic heterocycles. The van der Waals surface area contributed by atoms with Crippen LogP contribution in [0.5, 0.6) is 0 Å². The molecule has 2 saturated carbocycles. The fraction of sp³-hybridized carbons (Fsp3) is 0.500. The lowest BCUT2D eigenvalue weighted by molar-refractivity contribution is -0.151. The average Bonchev–Trinajstić information content (AvgIpc) is 3.29. The third-order valence-electron chi connectivity index (χ3n) is 5.76. The number of thioether (sulfide) groups is 1. The highest BCUT2D eigenvalue weighted by molar-refractivity contribution is 8.00. The number of aromatic nitrogens is 1. The van der Waals surface area contributed by atoms with Gasteiger partial charge in [-0.1, -0.05) is 28.7 Å². The zero-order valence-corrected chi connectivity index (χ0v) is 14.8. The predicted octanol–water partition coefficient (Wildman–Crippen LogP) is 0.718. The van der Waals surface area contributed by atoms with E-state index >= 15 is 0 Å². The molecule has 25 heavy (non-hydrogen) atoms. The number of nitrogens with zero attached hydrogens (tertiary/aromatic N) is 1. The maximum atomic E-state index is 12.8. The van der Waals surface area contributed by atoms with E-state index in [1.807, 2.05) is 6.08 Å². The maximum Gasteiger partial charge on any atom is 0.325 e. The third-order valence-corrected chi connectivity index (χ3v) is 8.15. The third kappa shape index (κ3) is 1.93. The summed E-state index contributed by atoms with van der Waals surface area (Å²) in [4.78, 5) is 53.4. The number of carbonyl (C=O) groups excluding carboxylic acids is 3. The van der Waals surface area contributed by atoms with Crippen molar-refractivity contribution in [3.63, 3.8) is 0 Å². The molecule has 0 aromatic carbocycles. The van der Waals surface area contributed by atoms with Crippen molar-refractivity contribution >= 4 is 47.0 Å². The van der Waals surface area contributed by atoms with E-state index in [2.05, 4.69) is 9.72 Å². The molecular formula is C16H14N2O5S2. The summed E-state index contributed by atoms with van der Waals surface area (Å²) in [5.74, 6) is -1.73. The van der Waals surface area contributed by atoms with Gasteiger partial charge in [-0.3, -0.25) is 24.1 Å². The van der Waals surface area contributed by atoms with E-state index in [9.17, 15) is 19.2 Å². The predicted molar refractivity (Wildman–Crippen MR) is 89.9 cm³/mol. The first-order chi connectivity index (χ1) is 12.0. The largest absolute Gasteiger partial charge is 0.468 e. The minimum absolute atomic E-state index is 0.0250. The van der Waals surface area contributed by atoms with Crippen LogP contribution in [0.1, 0.15) is 11.3 Å². The summed E-state index contributed by atoms with van der Waals surface area (Å²) in [6, 6.07) is 0. The molecule has 2 aliphatic carbocycles. The Balaban J connectivity index is 1.51. The van der Waals surface area contributed by atoms with E-state index in [0.717, 1.165) is 21.2 Å². The molecule has 130 valence electrons. The quantitative estimate of drug-likeness (QED) is 0.602. The average molecular weight is 378 g/mol. The van der Waals surface area contributed by atoms with Gasteiger partial charge in [0.05, 0.1) is 28.8 Å². The van der Waals surface area contributed by atoms with Crippen LogP contribution in [0.4, 0.5) is 0 Å². The Morgan fingerprint density at radius 1 is 1.32 bits per heavy atom. The molecule has 2 amide bonds. The molecule has 0 radical (unpaired) electrons. The van der Waals surface area contributed by atoms with Crippen molar-refractivity contribution in [2.24, 2.45) is 23.7 Å². The Bertz CT molecular complexity index is 916. The van der Waals surface area contributed by atoms with E-state index in [0.29, 0.717) is 0 Å². The number of aromatic amines is 1. The number of carbonyl (C=O) groups is 3. The molecule has 1 aromatic rings. The van der Waals surface area contributed by atoms with Gasteiger partial charge in [0.25, 0.3) is 0 Å². The van der Waals surface area contributed by atoms with Crippen LogP contribution in [0.3, 0.4) is 0 Å². The summed E-state index contributed by atoms with van der Waals surface area (Å²) in [5, 5.41) is 0.981. The number of H-pyrrole nitrogens is 1. The molecular weight excluding hydrogens is 364 g/mol. The number of ether oxygens (including phenoxy) is 1. The highest BCUT2D eigenvalue weighted by atomic mass is 32.2. The van der Waals surface area contributed by atoms with Gasteiger partial charge < -0.3 is 9.72 Å². The minimum Gasteiger partial charge on any atom is -0.468 e. The molecule has 3 heterocycles. The van der Waals surface area contributed by atoms with Crippen molar-refractivity contribution in [3.8, 4) is 0 Å². The lowest BCUT2D eigenvalue weighted by Crippen LogP contribution is -2.37. The standard InChI is InChI=1S/C16H14N2O5S2/c1-23-9(19)4-18-14(20)10-5-2-7(11(10)15(18)21)12-6(5)3-8-13(25-12)17-16(22)24-8/h3,5,7,10-12H,2,4H2,1H3,(H,17,22). The zero-order valence-electron chi connectivity index (χ0n) is 13.2. The molecule has 5 unspecified atom stereocenters. The molecule has 0 spiro atoms. The summed E-state index contributed by atoms with van der Waals surface area (Å²) >= 11 is 2.77. The highest BCUT2D eigenvalue weighted by Crippen LogP contribution is 2.64. The number of rotatable bonds is 2. The molecule has 9 heteroatoms. The summed E-state index contributed by atoms with van der Waals surface area (Å²) in [6.07, 6.45) is 2.85. The second-order valence-electron chi connectivity index (χ2n) is 6.79. The van der Waals surface area contributed by atoms with Crippen molar-refractivity contribution < 1.29 is 19.1 Å². The topological polar surface area (TPSA) is 96.5 Å². The zero-order chi connectivity index (χ0) is 17.5. The summed E-state index contributed by atoms with van der Waals surface area (Å²) in [7, 11) is 1.24. The number of hydrogen-bond acceptors (Lipinski definition) is 7. The number of thiazole rings is 1. The molecule has 4 aliphatic rings. The van der Waals surface area contributed by atoms with E-state index < -0.39 is 5.97 Å². The van der Waals surface area contributed by atoms with Crippen molar-refractivity contribution in [1.82, 2.24) is 9.88 Å². The van der Waals surface area contributed by atoms with Gasteiger partial charge in [-0.2, -0.15) is 0 Å². The van der Waals surface area contributed by atoms with Gasteiger partial charge in [-0.05, 0) is 24.3 Å². The fourth-order valence-corrected chi connectivity index (χ4v) is 7.27. The first kappa shape index (κ1) is 15.4. The van der Waals surface area contributed by atoms with Gasteiger partial charge in [0.1, 0.15) is 6.54 Å². The minimum atomic E-state index is -0.584. The first-order valence-electron chi connectivity index (χ1n) is 8.03. The Morgan fingerprint density at radius 2 is 2.08 bits per heavy atom. The number of likely N-dealkylation sites (tertiary alicyclic amines) is 1. The van der Waals surface area contributed by atoms with Crippen LogP contribution in [-0.2, 0) is 19.1 Å². The molecule has 1 saturated heterocycles. The summed E-state index contributed by atoms with van der Waals surface area (Å²) < 4.78 is 4.61. The van der Waals surface area contributed by atoms with Gasteiger partial charge in [0.2, 0.25) is 11.8 Å².